The number of aryl methyl sites for hydroxylation is 1. The highest BCUT2D eigenvalue weighted by Crippen LogP contribution is 2.46. The van der Waals surface area contributed by atoms with E-state index in [-0.39, 0.29) is 17.3 Å². The van der Waals surface area contributed by atoms with Gasteiger partial charge in [0, 0.05) is 36.8 Å². The number of nitrogens with two attached hydrogens (primary N) is 1. The Morgan fingerprint density at radius 2 is 2.15 bits per heavy atom. The number of anilines is 1. The number of hydrogen-bond donors (Lipinski definition) is 3. The summed E-state index contributed by atoms with van der Waals surface area (Å²) in [5, 5.41) is 17.1. The van der Waals surface area contributed by atoms with Crippen molar-refractivity contribution in [1.82, 2.24) is 20.1 Å². The lowest BCUT2D eigenvalue weighted by atomic mass is 9.98. The van der Waals surface area contributed by atoms with E-state index in [0.717, 1.165) is 30.2 Å². The average Bonchev–Trinajstić information content (AvgIpc) is 3.58. The van der Waals surface area contributed by atoms with Gasteiger partial charge in [-0.05, 0) is 38.1 Å². The zero-order valence-electron chi connectivity index (χ0n) is 18.6. The number of carboxylic acids is 1. The monoisotopic (exact) mass is 455 g/mol. The summed E-state index contributed by atoms with van der Waals surface area (Å²) < 4.78 is 27.2. The number of pyridine rings is 1. The molecule has 4 N–H and O–H groups in total. The van der Waals surface area contributed by atoms with Gasteiger partial charge < -0.3 is 25.6 Å². The second-order valence-corrected chi connectivity index (χ2v) is 8.00. The van der Waals surface area contributed by atoms with Gasteiger partial charge in [0.05, 0.1) is 23.9 Å². The lowest BCUT2D eigenvalue weighted by Gasteiger charge is -2.22. The van der Waals surface area contributed by atoms with Crippen molar-refractivity contribution in [2.24, 2.45) is 13.0 Å². The number of nitrogens with one attached hydrogen (secondary N) is 1. The fraction of sp³-hybridized carbons (Fsp3) is 0.348. The van der Waals surface area contributed by atoms with Gasteiger partial charge in [-0.15, -0.1) is 5.10 Å². The molecule has 4 rings (SSSR count). The number of halogens is 1. The molecule has 0 bridgehead atoms. The summed E-state index contributed by atoms with van der Waals surface area (Å²) in [5.74, 6) is -0.812. The highest BCUT2D eigenvalue weighted by molar-refractivity contribution is 5.89. The topological polar surface area (TPSA) is 125 Å². The van der Waals surface area contributed by atoms with Crippen molar-refractivity contribution >= 4 is 11.8 Å². The second kappa shape index (κ2) is 9.07. The van der Waals surface area contributed by atoms with E-state index in [9.17, 15) is 14.3 Å². The van der Waals surface area contributed by atoms with Crippen molar-refractivity contribution in [1.29, 1.82) is 0 Å². The summed E-state index contributed by atoms with van der Waals surface area (Å²) in [5.41, 5.74) is 8.75. The Morgan fingerprint density at radius 1 is 1.39 bits per heavy atom. The van der Waals surface area contributed by atoms with Gasteiger partial charge in [0.2, 0.25) is 5.88 Å². The van der Waals surface area contributed by atoms with E-state index in [1.54, 1.807) is 24.1 Å². The molecule has 0 spiro atoms. The van der Waals surface area contributed by atoms with Crippen molar-refractivity contribution in [2.75, 3.05) is 19.9 Å². The molecule has 0 aliphatic heterocycles. The predicted molar refractivity (Wildman–Crippen MR) is 120 cm³/mol. The average molecular weight is 455 g/mol. The number of nitrogens with zero attached hydrogens (tertiary/aromatic N) is 3. The quantitative estimate of drug-likeness (QED) is 0.449. The molecule has 1 atom stereocenters. The summed E-state index contributed by atoms with van der Waals surface area (Å²) in [6.45, 7) is 0.547. The minimum atomic E-state index is -1.21. The standard InChI is InChI=1S/C23H26FN5O4/c1-26-11-17-19(22(32-3)28-29(17)2)13-8-18(21(25)27-10-13)33-20(12-4-5-12)15-7-6-14(24)9-16(15)23(30)31/h6-10,12,20,26H,4-5,11H2,1-3H3,(H2,25,27)(H,30,31). The summed E-state index contributed by atoms with van der Waals surface area (Å²) in [6, 6.07) is 5.47. The molecule has 0 radical (unpaired) electrons. The third-order valence-electron chi connectivity index (χ3n) is 5.70. The Hall–Kier alpha value is -3.66. The van der Waals surface area contributed by atoms with E-state index in [1.165, 1.54) is 12.1 Å². The Morgan fingerprint density at radius 3 is 2.79 bits per heavy atom. The number of carboxylic acid groups (broad SMARTS) is 1. The molecule has 1 aliphatic carbocycles. The molecule has 0 amide bonds. The number of ether oxygens (including phenoxy) is 2. The fourth-order valence-electron chi connectivity index (χ4n) is 3.93. The number of aromatic carboxylic acids is 1. The molecule has 1 aromatic carbocycles. The first-order valence-electron chi connectivity index (χ1n) is 10.5. The van der Waals surface area contributed by atoms with Crippen molar-refractivity contribution < 1.29 is 23.8 Å². The van der Waals surface area contributed by atoms with Crippen molar-refractivity contribution in [3.05, 3.63) is 53.1 Å². The van der Waals surface area contributed by atoms with Crippen LogP contribution < -0.4 is 20.5 Å². The van der Waals surface area contributed by atoms with Crippen LogP contribution in [0.4, 0.5) is 10.2 Å². The second-order valence-electron chi connectivity index (χ2n) is 8.00. The number of methoxy groups -OCH3 is 1. The Bertz CT molecular complexity index is 1190. The number of benzene rings is 1. The van der Waals surface area contributed by atoms with Gasteiger partial charge in [0.1, 0.15) is 11.9 Å². The van der Waals surface area contributed by atoms with Gasteiger partial charge in [-0.1, -0.05) is 6.07 Å². The van der Waals surface area contributed by atoms with Crippen molar-refractivity contribution in [3.63, 3.8) is 0 Å². The molecular weight excluding hydrogens is 429 g/mol. The van der Waals surface area contributed by atoms with E-state index >= 15 is 0 Å². The maximum absolute atomic E-state index is 13.7. The van der Waals surface area contributed by atoms with Gasteiger partial charge in [0.25, 0.3) is 0 Å². The normalized spacial score (nSPS) is 14.2. The fourth-order valence-corrected chi connectivity index (χ4v) is 3.93. The molecule has 1 saturated carbocycles. The van der Waals surface area contributed by atoms with Crippen LogP contribution in [0.5, 0.6) is 11.6 Å². The zero-order valence-corrected chi connectivity index (χ0v) is 18.6. The molecule has 10 heteroatoms. The Labute approximate surface area is 190 Å². The van der Waals surface area contributed by atoms with Crippen LogP contribution in [0.1, 0.15) is 40.6 Å². The van der Waals surface area contributed by atoms with Crippen LogP contribution in [-0.2, 0) is 13.6 Å². The van der Waals surface area contributed by atoms with Crippen molar-refractivity contribution in [3.8, 4) is 22.8 Å². The van der Waals surface area contributed by atoms with Gasteiger partial charge in [-0.2, -0.15) is 0 Å². The minimum Gasteiger partial charge on any atom is -0.482 e. The summed E-state index contributed by atoms with van der Waals surface area (Å²) in [7, 11) is 5.20. The molecule has 174 valence electrons. The van der Waals surface area contributed by atoms with Gasteiger partial charge >= 0.3 is 5.97 Å². The smallest absolute Gasteiger partial charge is 0.336 e. The maximum Gasteiger partial charge on any atom is 0.336 e. The minimum absolute atomic E-state index is 0.101. The highest BCUT2D eigenvalue weighted by atomic mass is 19.1. The molecular formula is C23H26FN5O4. The van der Waals surface area contributed by atoms with Gasteiger partial charge in [-0.3, -0.25) is 4.68 Å². The van der Waals surface area contributed by atoms with Crippen LogP contribution in [-0.4, -0.2) is 40.0 Å². The first kappa shape index (κ1) is 22.5. The van der Waals surface area contributed by atoms with Crippen LogP contribution >= 0.6 is 0 Å². The molecule has 0 saturated heterocycles. The van der Waals surface area contributed by atoms with Gasteiger partial charge in [0.15, 0.2) is 11.6 Å². The predicted octanol–water partition coefficient (Wildman–Crippen LogP) is 3.16. The number of rotatable bonds is 9. The highest BCUT2D eigenvalue weighted by Gasteiger charge is 2.37. The third-order valence-corrected chi connectivity index (χ3v) is 5.70. The Kier molecular flexibility index (Phi) is 6.19. The van der Waals surface area contributed by atoms with E-state index in [1.807, 2.05) is 14.1 Å². The molecule has 9 nitrogen and oxygen atoms in total. The van der Waals surface area contributed by atoms with Crippen LogP contribution in [0.25, 0.3) is 11.1 Å². The summed E-state index contributed by atoms with van der Waals surface area (Å²) in [6.07, 6.45) is 2.77. The van der Waals surface area contributed by atoms with Crippen LogP contribution in [0.15, 0.2) is 30.5 Å². The molecule has 1 fully saturated rings. The zero-order chi connectivity index (χ0) is 23.7. The lowest BCUT2D eigenvalue weighted by molar-refractivity contribution is 0.0689. The van der Waals surface area contributed by atoms with Crippen LogP contribution in [0.2, 0.25) is 0 Å². The largest absolute Gasteiger partial charge is 0.482 e. The maximum atomic E-state index is 13.7. The van der Waals surface area contributed by atoms with E-state index in [2.05, 4.69) is 15.4 Å². The lowest BCUT2D eigenvalue weighted by Crippen LogP contribution is -2.16. The molecule has 1 unspecified atom stereocenters. The Balaban J connectivity index is 1.76. The van der Waals surface area contributed by atoms with E-state index < -0.39 is 17.9 Å². The molecule has 2 heterocycles. The van der Waals surface area contributed by atoms with Gasteiger partial charge in [-0.25, -0.2) is 14.2 Å². The van der Waals surface area contributed by atoms with E-state index in [4.69, 9.17) is 15.2 Å². The van der Waals surface area contributed by atoms with Crippen molar-refractivity contribution in [2.45, 2.75) is 25.5 Å². The number of carbonyl (C=O) groups is 1. The molecule has 3 aromatic rings. The first-order chi connectivity index (χ1) is 15.8. The number of hydrogen-bond acceptors (Lipinski definition) is 7. The summed E-state index contributed by atoms with van der Waals surface area (Å²) >= 11 is 0. The van der Waals surface area contributed by atoms with E-state index in [0.29, 0.717) is 29.3 Å². The van der Waals surface area contributed by atoms with Crippen LogP contribution in [0, 0.1) is 11.7 Å². The molecule has 2 aromatic heterocycles. The molecule has 33 heavy (non-hydrogen) atoms. The summed E-state index contributed by atoms with van der Waals surface area (Å²) in [4.78, 5) is 16.1. The molecule has 1 aliphatic rings. The van der Waals surface area contributed by atoms with Crippen LogP contribution in [0.3, 0.4) is 0 Å². The number of nitrogen functional groups attached to an aromatic ring is 1. The SMILES string of the molecule is CNCc1c(-c2cnc(N)c(OC(c3ccc(F)cc3C(=O)O)C3CC3)c2)c(OC)nn1C. The first-order valence-corrected chi connectivity index (χ1v) is 10.5. The number of aromatic nitrogens is 3. The third kappa shape index (κ3) is 4.47.